The van der Waals surface area contributed by atoms with Gasteiger partial charge < -0.3 is 11.1 Å². The molecule has 13 heavy (non-hydrogen) atoms. The van der Waals surface area contributed by atoms with Crippen LogP contribution in [0.25, 0.3) is 0 Å². The van der Waals surface area contributed by atoms with Crippen molar-refractivity contribution in [2.45, 2.75) is 32.7 Å². The summed E-state index contributed by atoms with van der Waals surface area (Å²) in [6, 6.07) is 0.406. The number of amidine groups is 1. The Hall–Kier alpha value is -1.06. The summed E-state index contributed by atoms with van der Waals surface area (Å²) in [5.74, 6) is 0.741. The number of nitrogens with two attached hydrogens (primary N) is 1. The van der Waals surface area contributed by atoms with Gasteiger partial charge in [0.15, 0.2) is 0 Å². The van der Waals surface area contributed by atoms with Gasteiger partial charge in [-0.05, 0) is 12.8 Å². The van der Waals surface area contributed by atoms with Gasteiger partial charge in [-0.2, -0.15) is 0 Å². The van der Waals surface area contributed by atoms with Crippen molar-refractivity contribution in [3.05, 3.63) is 0 Å². The number of carbonyl (C=O) groups is 1. The maximum atomic E-state index is 11.1. The van der Waals surface area contributed by atoms with Crippen LogP contribution in [-0.2, 0) is 4.79 Å². The molecule has 0 atom stereocenters. The first-order valence-electron chi connectivity index (χ1n) is 4.68. The lowest BCUT2D eigenvalue weighted by molar-refractivity contribution is -0.119. The van der Waals surface area contributed by atoms with Crippen molar-refractivity contribution in [1.82, 2.24) is 5.32 Å². The Labute approximate surface area is 78.6 Å². The fourth-order valence-electron chi connectivity index (χ4n) is 0.847. The molecule has 1 aliphatic carbocycles. The molecule has 0 aromatic heterocycles. The highest BCUT2D eigenvalue weighted by molar-refractivity contribution is 5.86. The van der Waals surface area contributed by atoms with Crippen LogP contribution in [0.3, 0.4) is 0 Å². The highest BCUT2D eigenvalue weighted by Gasteiger charge is 2.22. The summed E-state index contributed by atoms with van der Waals surface area (Å²) in [5, 5.41) is 2.85. The van der Waals surface area contributed by atoms with Gasteiger partial charge in [0.2, 0.25) is 5.91 Å². The van der Waals surface area contributed by atoms with Crippen LogP contribution in [0.1, 0.15) is 26.7 Å². The fourth-order valence-corrected chi connectivity index (χ4v) is 0.847. The van der Waals surface area contributed by atoms with E-state index in [1.54, 1.807) is 0 Å². The second-order valence-electron chi connectivity index (χ2n) is 3.74. The zero-order chi connectivity index (χ0) is 9.84. The normalized spacial score (nSPS) is 17.6. The van der Waals surface area contributed by atoms with Crippen molar-refractivity contribution in [3.63, 3.8) is 0 Å². The molecule has 0 aromatic carbocycles. The number of hydrogen-bond acceptors (Lipinski definition) is 2. The van der Waals surface area contributed by atoms with Gasteiger partial charge in [-0.3, -0.25) is 9.79 Å². The molecule has 74 valence electrons. The Morgan fingerprint density at radius 3 is 2.69 bits per heavy atom. The summed E-state index contributed by atoms with van der Waals surface area (Å²) in [6.45, 7) is 4.08. The summed E-state index contributed by atoms with van der Waals surface area (Å²) >= 11 is 0. The number of amides is 1. The van der Waals surface area contributed by atoms with Crippen LogP contribution in [0.5, 0.6) is 0 Å². The molecule has 3 N–H and O–H groups in total. The average molecular weight is 183 g/mol. The summed E-state index contributed by atoms with van der Waals surface area (Å²) < 4.78 is 0. The molecule has 0 aromatic rings. The largest absolute Gasteiger partial charge is 0.387 e. The summed E-state index contributed by atoms with van der Waals surface area (Å²) in [4.78, 5) is 15.1. The first-order chi connectivity index (χ1) is 6.09. The van der Waals surface area contributed by atoms with E-state index < -0.39 is 0 Å². The Morgan fingerprint density at radius 1 is 1.62 bits per heavy atom. The number of nitrogens with zero attached hydrogens (tertiary/aromatic N) is 1. The molecule has 1 aliphatic rings. The van der Waals surface area contributed by atoms with E-state index in [1.165, 1.54) is 0 Å². The quantitative estimate of drug-likeness (QED) is 0.485. The van der Waals surface area contributed by atoms with Crippen LogP contribution in [-0.4, -0.2) is 24.3 Å². The third-order valence-corrected chi connectivity index (χ3v) is 1.94. The number of hydrogen-bond donors (Lipinski definition) is 2. The molecular weight excluding hydrogens is 166 g/mol. The maximum Gasteiger partial charge on any atom is 0.241 e. The van der Waals surface area contributed by atoms with Gasteiger partial charge in [-0.1, -0.05) is 13.8 Å². The van der Waals surface area contributed by atoms with E-state index in [4.69, 9.17) is 5.73 Å². The lowest BCUT2D eigenvalue weighted by Crippen LogP contribution is -2.29. The van der Waals surface area contributed by atoms with E-state index in [0.29, 0.717) is 11.9 Å². The zero-order valence-corrected chi connectivity index (χ0v) is 8.21. The Kier molecular flexibility index (Phi) is 3.28. The monoisotopic (exact) mass is 183 g/mol. The highest BCUT2D eigenvalue weighted by Crippen LogP contribution is 2.18. The van der Waals surface area contributed by atoms with Crippen LogP contribution >= 0.6 is 0 Å². The maximum absolute atomic E-state index is 11.1. The summed E-state index contributed by atoms with van der Waals surface area (Å²) in [5.41, 5.74) is 5.58. The highest BCUT2D eigenvalue weighted by atomic mass is 16.1. The fraction of sp³-hybridized carbons (Fsp3) is 0.778. The van der Waals surface area contributed by atoms with Crippen LogP contribution in [0.4, 0.5) is 0 Å². The molecule has 1 saturated carbocycles. The van der Waals surface area contributed by atoms with E-state index >= 15 is 0 Å². The van der Waals surface area contributed by atoms with E-state index in [-0.39, 0.29) is 18.4 Å². The Balaban J connectivity index is 2.22. The summed E-state index contributed by atoms with van der Waals surface area (Å²) in [6.07, 6.45) is 2.21. The minimum Gasteiger partial charge on any atom is -0.387 e. The summed E-state index contributed by atoms with van der Waals surface area (Å²) in [7, 11) is 0. The molecule has 1 fully saturated rings. The first kappa shape index (κ1) is 10.0. The Bertz CT molecular complexity index is 219. The molecule has 0 unspecified atom stereocenters. The van der Waals surface area contributed by atoms with Gasteiger partial charge in [0.25, 0.3) is 0 Å². The molecule has 0 heterocycles. The lowest BCUT2D eigenvalue weighted by Gasteiger charge is -2.04. The number of aliphatic imine (C=N–C) groups is 1. The van der Waals surface area contributed by atoms with Gasteiger partial charge in [-0.15, -0.1) is 0 Å². The lowest BCUT2D eigenvalue weighted by atomic mass is 10.2. The number of nitrogens with one attached hydrogen (secondary N) is 1. The predicted molar refractivity (Wildman–Crippen MR) is 52.5 cm³/mol. The van der Waals surface area contributed by atoms with Crippen molar-refractivity contribution < 1.29 is 4.79 Å². The van der Waals surface area contributed by atoms with E-state index in [2.05, 4.69) is 10.3 Å². The van der Waals surface area contributed by atoms with Crippen molar-refractivity contribution in [2.24, 2.45) is 16.6 Å². The van der Waals surface area contributed by atoms with Crippen LogP contribution in [0.2, 0.25) is 0 Å². The van der Waals surface area contributed by atoms with Crippen molar-refractivity contribution in [1.29, 1.82) is 0 Å². The molecule has 0 spiro atoms. The molecule has 1 amide bonds. The molecule has 4 heteroatoms. The molecule has 0 aliphatic heterocycles. The zero-order valence-electron chi connectivity index (χ0n) is 8.21. The third-order valence-electron chi connectivity index (χ3n) is 1.94. The molecular formula is C9H17N3O. The van der Waals surface area contributed by atoms with Crippen LogP contribution < -0.4 is 11.1 Å². The molecule has 4 nitrogen and oxygen atoms in total. The molecule has 0 bridgehead atoms. The SMILES string of the molecule is CC(C)C(N)=NCC(=O)NC1CC1. The van der Waals surface area contributed by atoms with Crippen LogP contribution in [0, 0.1) is 5.92 Å². The second kappa shape index (κ2) is 4.25. The van der Waals surface area contributed by atoms with Crippen molar-refractivity contribution in [3.8, 4) is 0 Å². The van der Waals surface area contributed by atoms with E-state index in [9.17, 15) is 4.79 Å². The molecule has 0 radical (unpaired) electrons. The number of rotatable bonds is 4. The molecule has 0 saturated heterocycles. The van der Waals surface area contributed by atoms with Gasteiger partial charge >= 0.3 is 0 Å². The van der Waals surface area contributed by atoms with Crippen molar-refractivity contribution >= 4 is 11.7 Å². The minimum atomic E-state index is -0.0221. The first-order valence-corrected chi connectivity index (χ1v) is 4.68. The van der Waals surface area contributed by atoms with Gasteiger partial charge in [0.05, 0.1) is 5.84 Å². The standard InChI is InChI=1S/C9H17N3O/c1-6(2)9(10)11-5-8(13)12-7-3-4-7/h6-7H,3-5H2,1-2H3,(H2,10,11)(H,12,13). The Morgan fingerprint density at radius 2 is 2.23 bits per heavy atom. The minimum absolute atomic E-state index is 0.0221. The van der Waals surface area contributed by atoms with Crippen LogP contribution in [0.15, 0.2) is 4.99 Å². The third kappa shape index (κ3) is 3.92. The predicted octanol–water partition coefficient (Wildman–Crippen LogP) is 0.278. The smallest absolute Gasteiger partial charge is 0.241 e. The number of carbonyl (C=O) groups excluding carboxylic acids is 1. The van der Waals surface area contributed by atoms with Gasteiger partial charge in [-0.25, -0.2) is 0 Å². The van der Waals surface area contributed by atoms with Gasteiger partial charge in [0, 0.05) is 12.0 Å². The van der Waals surface area contributed by atoms with Crippen molar-refractivity contribution in [2.75, 3.05) is 6.54 Å². The van der Waals surface area contributed by atoms with E-state index in [1.807, 2.05) is 13.8 Å². The van der Waals surface area contributed by atoms with Gasteiger partial charge in [0.1, 0.15) is 6.54 Å². The second-order valence-corrected chi connectivity index (χ2v) is 3.74. The van der Waals surface area contributed by atoms with E-state index in [0.717, 1.165) is 12.8 Å². The average Bonchev–Trinajstić information content (AvgIpc) is 2.83. The molecule has 1 rings (SSSR count). The topological polar surface area (TPSA) is 67.5 Å².